The van der Waals surface area contributed by atoms with Crippen molar-refractivity contribution < 1.29 is 0 Å². The Morgan fingerprint density at radius 1 is 1.40 bits per heavy atom. The van der Waals surface area contributed by atoms with E-state index in [0.29, 0.717) is 5.92 Å². The molecule has 1 aliphatic rings. The first-order valence-corrected chi connectivity index (χ1v) is 5.86. The van der Waals surface area contributed by atoms with Gasteiger partial charge in [0, 0.05) is 23.0 Å². The second-order valence-electron chi connectivity index (χ2n) is 3.58. The summed E-state index contributed by atoms with van der Waals surface area (Å²) in [6.45, 7) is 0. The summed E-state index contributed by atoms with van der Waals surface area (Å²) in [7, 11) is 0. The molecule has 0 fully saturated rings. The average molecular weight is 218 g/mol. The molecule has 0 saturated heterocycles. The van der Waals surface area contributed by atoms with Crippen LogP contribution in [0, 0.1) is 0 Å². The molecule has 0 aliphatic carbocycles. The molecule has 15 heavy (non-hydrogen) atoms. The van der Waals surface area contributed by atoms with Crippen LogP contribution in [0.1, 0.15) is 17.3 Å². The normalized spacial score (nSPS) is 19.1. The Bertz CT molecular complexity index is 454. The zero-order valence-corrected chi connectivity index (χ0v) is 8.87. The highest BCUT2D eigenvalue weighted by Crippen LogP contribution is 2.40. The third-order valence-corrected chi connectivity index (χ3v) is 3.87. The topological polar surface area (TPSA) is 54.5 Å². The summed E-state index contributed by atoms with van der Waals surface area (Å²) in [4.78, 5) is 1.39. The van der Waals surface area contributed by atoms with Crippen LogP contribution in [0.2, 0.25) is 0 Å². The molecule has 1 N–H and O–H groups in total. The van der Waals surface area contributed by atoms with E-state index >= 15 is 0 Å². The monoisotopic (exact) mass is 218 g/mol. The van der Waals surface area contributed by atoms with Crippen molar-refractivity contribution in [3.05, 3.63) is 35.7 Å². The molecule has 2 heterocycles. The molecule has 1 aromatic heterocycles. The van der Waals surface area contributed by atoms with E-state index in [9.17, 15) is 0 Å². The summed E-state index contributed by atoms with van der Waals surface area (Å²) in [5, 5.41) is 14.1. The van der Waals surface area contributed by atoms with Crippen LogP contribution in [-0.2, 0) is 6.42 Å². The first kappa shape index (κ1) is 8.91. The Morgan fingerprint density at radius 2 is 2.33 bits per heavy atom. The van der Waals surface area contributed by atoms with Gasteiger partial charge < -0.3 is 0 Å². The summed E-state index contributed by atoms with van der Waals surface area (Å²) in [6, 6.07) is 8.55. The van der Waals surface area contributed by atoms with E-state index in [1.54, 1.807) is 0 Å². The van der Waals surface area contributed by atoms with Crippen molar-refractivity contribution in [2.75, 3.05) is 5.75 Å². The second-order valence-corrected chi connectivity index (χ2v) is 4.64. The van der Waals surface area contributed by atoms with Gasteiger partial charge in [0.2, 0.25) is 0 Å². The SMILES string of the molecule is c1ccc2c(c1)SCC2Cc1nn[nH]n1. The predicted molar refractivity (Wildman–Crippen MR) is 57.8 cm³/mol. The third-order valence-electron chi connectivity index (χ3n) is 2.62. The van der Waals surface area contributed by atoms with Gasteiger partial charge in [0.25, 0.3) is 0 Å². The fraction of sp³-hybridized carbons (Fsp3) is 0.300. The van der Waals surface area contributed by atoms with Gasteiger partial charge in [-0.3, -0.25) is 0 Å². The third kappa shape index (κ3) is 1.63. The Labute approximate surface area is 91.5 Å². The molecule has 1 unspecified atom stereocenters. The number of benzene rings is 1. The number of nitrogens with zero attached hydrogens (tertiary/aromatic N) is 3. The zero-order valence-electron chi connectivity index (χ0n) is 8.05. The van der Waals surface area contributed by atoms with Gasteiger partial charge in [0.15, 0.2) is 5.82 Å². The van der Waals surface area contributed by atoms with Gasteiger partial charge in [-0.05, 0) is 11.6 Å². The molecule has 0 amide bonds. The smallest absolute Gasteiger partial charge is 0.175 e. The van der Waals surface area contributed by atoms with E-state index in [0.717, 1.165) is 18.0 Å². The first-order chi connectivity index (χ1) is 7.43. The van der Waals surface area contributed by atoms with E-state index in [4.69, 9.17) is 0 Å². The van der Waals surface area contributed by atoms with Crippen molar-refractivity contribution in [1.82, 2.24) is 20.6 Å². The second kappa shape index (κ2) is 3.66. The number of nitrogens with one attached hydrogen (secondary N) is 1. The van der Waals surface area contributed by atoms with E-state index in [1.165, 1.54) is 10.5 Å². The molecule has 2 aromatic rings. The quantitative estimate of drug-likeness (QED) is 0.832. The highest BCUT2D eigenvalue weighted by atomic mass is 32.2. The molecular formula is C10H10N4S. The fourth-order valence-corrected chi connectivity index (χ4v) is 3.14. The van der Waals surface area contributed by atoms with Gasteiger partial charge >= 0.3 is 0 Å². The van der Waals surface area contributed by atoms with Crippen molar-refractivity contribution in [1.29, 1.82) is 0 Å². The van der Waals surface area contributed by atoms with Gasteiger partial charge in [0.1, 0.15) is 0 Å². The number of hydrogen-bond donors (Lipinski definition) is 1. The standard InChI is InChI=1S/C10H10N4S/c1-2-4-9-8(3-1)7(6-15-9)5-10-11-13-14-12-10/h1-4,7H,5-6H2,(H,11,12,13,14). The fourth-order valence-electron chi connectivity index (χ4n) is 1.89. The number of aromatic nitrogens is 4. The van der Waals surface area contributed by atoms with Crippen LogP contribution in [0.4, 0.5) is 0 Å². The van der Waals surface area contributed by atoms with Crippen molar-refractivity contribution >= 4 is 11.8 Å². The Balaban J connectivity index is 1.85. The van der Waals surface area contributed by atoms with Crippen LogP contribution in [0.15, 0.2) is 29.2 Å². The molecule has 0 radical (unpaired) electrons. The number of fused-ring (bicyclic) bond motifs is 1. The van der Waals surface area contributed by atoms with Gasteiger partial charge in [0.05, 0.1) is 0 Å². The molecule has 1 atom stereocenters. The number of thioether (sulfide) groups is 1. The Morgan fingerprint density at radius 3 is 3.20 bits per heavy atom. The molecule has 0 spiro atoms. The summed E-state index contributed by atoms with van der Waals surface area (Å²) in [5.41, 5.74) is 1.42. The molecular weight excluding hydrogens is 208 g/mol. The summed E-state index contributed by atoms with van der Waals surface area (Å²) in [6.07, 6.45) is 0.876. The minimum atomic E-state index is 0.531. The van der Waals surface area contributed by atoms with E-state index in [2.05, 4.69) is 44.9 Å². The van der Waals surface area contributed by atoms with Crippen molar-refractivity contribution in [2.45, 2.75) is 17.2 Å². The van der Waals surface area contributed by atoms with Crippen LogP contribution in [0.3, 0.4) is 0 Å². The maximum Gasteiger partial charge on any atom is 0.175 e. The molecule has 1 aliphatic heterocycles. The molecule has 1 aromatic carbocycles. The van der Waals surface area contributed by atoms with Crippen LogP contribution in [0.5, 0.6) is 0 Å². The zero-order chi connectivity index (χ0) is 10.1. The molecule has 76 valence electrons. The summed E-state index contributed by atoms with van der Waals surface area (Å²) < 4.78 is 0. The van der Waals surface area contributed by atoms with Crippen LogP contribution in [0.25, 0.3) is 0 Å². The maximum atomic E-state index is 4.00. The molecule has 0 saturated carbocycles. The number of aromatic amines is 1. The van der Waals surface area contributed by atoms with Gasteiger partial charge in [-0.25, -0.2) is 0 Å². The Kier molecular flexibility index (Phi) is 2.17. The molecule has 4 nitrogen and oxygen atoms in total. The van der Waals surface area contributed by atoms with E-state index < -0.39 is 0 Å². The number of rotatable bonds is 2. The lowest BCUT2D eigenvalue weighted by molar-refractivity contribution is 0.730. The van der Waals surface area contributed by atoms with E-state index in [-0.39, 0.29) is 0 Å². The van der Waals surface area contributed by atoms with Crippen molar-refractivity contribution in [2.24, 2.45) is 0 Å². The van der Waals surface area contributed by atoms with E-state index in [1.807, 2.05) is 11.8 Å². The van der Waals surface area contributed by atoms with Crippen LogP contribution >= 0.6 is 11.8 Å². The first-order valence-electron chi connectivity index (χ1n) is 4.87. The van der Waals surface area contributed by atoms with Gasteiger partial charge in [-0.1, -0.05) is 23.4 Å². The predicted octanol–water partition coefficient (Wildman–Crippen LogP) is 1.63. The number of tetrazole rings is 1. The van der Waals surface area contributed by atoms with Crippen molar-refractivity contribution in [3.8, 4) is 0 Å². The van der Waals surface area contributed by atoms with Crippen LogP contribution in [-0.4, -0.2) is 26.4 Å². The lowest BCUT2D eigenvalue weighted by Gasteiger charge is -2.06. The van der Waals surface area contributed by atoms with Gasteiger partial charge in [-0.15, -0.1) is 22.0 Å². The summed E-state index contributed by atoms with van der Waals surface area (Å²) in [5.74, 6) is 2.45. The van der Waals surface area contributed by atoms with Crippen molar-refractivity contribution in [3.63, 3.8) is 0 Å². The minimum absolute atomic E-state index is 0.531. The number of H-pyrrole nitrogens is 1. The van der Waals surface area contributed by atoms with Crippen LogP contribution < -0.4 is 0 Å². The lowest BCUT2D eigenvalue weighted by Crippen LogP contribution is -2.03. The summed E-state index contributed by atoms with van der Waals surface area (Å²) >= 11 is 1.91. The highest BCUT2D eigenvalue weighted by Gasteiger charge is 2.23. The highest BCUT2D eigenvalue weighted by molar-refractivity contribution is 7.99. The minimum Gasteiger partial charge on any atom is -0.177 e. The maximum absolute atomic E-state index is 4.00. The molecule has 5 heteroatoms. The number of hydrogen-bond acceptors (Lipinski definition) is 4. The Hall–Kier alpha value is -1.36. The largest absolute Gasteiger partial charge is 0.177 e. The molecule has 0 bridgehead atoms. The average Bonchev–Trinajstić information content (AvgIpc) is 2.89. The molecule has 3 rings (SSSR count). The van der Waals surface area contributed by atoms with Gasteiger partial charge in [-0.2, -0.15) is 5.21 Å². The lowest BCUT2D eigenvalue weighted by atomic mass is 9.98.